The molecule has 5 nitrogen and oxygen atoms in total. The first-order chi connectivity index (χ1) is 4.42. The molecule has 58 valence electrons. The minimum atomic E-state index is -3.32. The number of carbonyl (C=O) groups is 1. The van der Waals surface area contributed by atoms with E-state index in [1.54, 1.807) is 0 Å². The van der Waals surface area contributed by atoms with Gasteiger partial charge in [0, 0.05) is 0 Å². The fourth-order valence-corrected chi connectivity index (χ4v) is 0.359. The highest BCUT2D eigenvalue weighted by Gasteiger charge is 2.50. The summed E-state index contributed by atoms with van der Waals surface area (Å²) in [4.78, 5) is 18.5. The molecule has 0 fully saturated rings. The van der Waals surface area contributed by atoms with Crippen LogP contribution in [0.15, 0.2) is 0 Å². The van der Waals surface area contributed by atoms with Crippen LogP contribution in [0.25, 0.3) is 0 Å². The van der Waals surface area contributed by atoms with Crippen molar-refractivity contribution in [3.63, 3.8) is 0 Å². The summed E-state index contributed by atoms with van der Waals surface area (Å²) < 4.78 is 12.8. The summed E-state index contributed by atoms with van der Waals surface area (Å²) in [5.74, 6) is -1.59. The van der Waals surface area contributed by atoms with Crippen molar-refractivity contribution in [2.75, 3.05) is 7.11 Å². The molecule has 0 aliphatic heterocycles. The lowest BCUT2D eigenvalue weighted by Gasteiger charge is -2.04. The normalized spacial score (nSPS) is 15.5. The summed E-state index contributed by atoms with van der Waals surface area (Å²) in [6, 6.07) is 0. The number of hydrogen-bond acceptors (Lipinski definition) is 4. The zero-order valence-corrected chi connectivity index (χ0v) is 6.42. The van der Waals surface area contributed by atoms with Crippen LogP contribution in [0.4, 0.5) is 4.39 Å². The van der Waals surface area contributed by atoms with E-state index in [0.29, 0.717) is 0 Å². The quantitative estimate of drug-likeness (QED) is 0.221. The van der Waals surface area contributed by atoms with Gasteiger partial charge in [-0.1, -0.05) is 0 Å². The van der Waals surface area contributed by atoms with Gasteiger partial charge in [-0.15, -0.1) is 4.39 Å². The van der Waals surface area contributed by atoms with E-state index in [2.05, 4.69) is 4.74 Å². The molecule has 0 aromatic rings. The number of ether oxygens (including phenoxy) is 1. The zero-order valence-electron chi connectivity index (χ0n) is 4.84. The fraction of sp³-hybridized carbons (Fsp3) is 0.667. The second kappa shape index (κ2) is 2.91. The Bertz CT molecular complexity index is 170. The van der Waals surface area contributed by atoms with Crippen molar-refractivity contribution < 1.29 is 18.8 Å². The van der Waals surface area contributed by atoms with Crippen molar-refractivity contribution in [3.8, 4) is 0 Å². The Labute approximate surface area is 63.4 Å². The number of methoxy groups -OCH3 is 1. The van der Waals surface area contributed by atoms with Crippen molar-refractivity contribution in [1.82, 2.24) is 0 Å². The molecular formula is C3H3BrFNO4. The molecule has 1 unspecified atom stereocenters. The largest absolute Gasteiger partial charge is 0.510 e. The second-order valence-corrected chi connectivity index (χ2v) is 2.34. The first-order valence-electron chi connectivity index (χ1n) is 2.03. The highest BCUT2D eigenvalue weighted by molar-refractivity contribution is 9.10. The maximum Gasteiger partial charge on any atom is 0.510 e. The number of nitrogens with zero attached hydrogens (tertiary/aromatic N) is 1. The van der Waals surface area contributed by atoms with Crippen molar-refractivity contribution in [2.24, 2.45) is 0 Å². The van der Waals surface area contributed by atoms with Gasteiger partial charge < -0.3 is 4.74 Å². The molecular weight excluding hydrogens is 213 g/mol. The van der Waals surface area contributed by atoms with Crippen LogP contribution < -0.4 is 0 Å². The van der Waals surface area contributed by atoms with Crippen molar-refractivity contribution >= 4 is 21.9 Å². The third kappa shape index (κ3) is 1.63. The molecule has 0 heterocycles. The van der Waals surface area contributed by atoms with Crippen molar-refractivity contribution in [2.45, 2.75) is 4.70 Å². The Hall–Kier alpha value is -0.720. The summed E-state index contributed by atoms with van der Waals surface area (Å²) in [6.45, 7) is 0. The summed E-state index contributed by atoms with van der Waals surface area (Å²) in [7, 11) is 0.849. The van der Waals surface area contributed by atoms with Gasteiger partial charge >= 0.3 is 10.7 Å². The standard InChI is InChI=1S/C3H3BrFNO4/c1-10-2(7)3(4,5)6(8)9/h1H3. The van der Waals surface area contributed by atoms with E-state index in [1.807, 2.05) is 15.9 Å². The van der Waals surface area contributed by atoms with E-state index < -0.39 is 15.6 Å². The predicted molar refractivity (Wildman–Crippen MR) is 31.8 cm³/mol. The third-order valence-electron chi connectivity index (χ3n) is 0.660. The van der Waals surface area contributed by atoms with Crippen LogP contribution >= 0.6 is 15.9 Å². The number of nitro groups is 1. The molecule has 0 radical (unpaired) electrons. The molecule has 0 aromatic carbocycles. The van der Waals surface area contributed by atoms with Gasteiger partial charge in [-0.3, -0.25) is 10.1 Å². The zero-order chi connectivity index (χ0) is 8.36. The summed E-state index contributed by atoms with van der Waals surface area (Å²) in [5.41, 5.74) is 0. The van der Waals surface area contributed by atoms with Crippen molar-refractivity contribution in [1.29, 1.82) is 0 Å². The molecule has 0 saturated carbocycles. The first kappa shape index (κ1) is 9.28. The number of hydrogen-bond donors (Lipinski definition) is 0. The molecule has 0 rings (SSSR count). The van der Waals surface area contributed by atoms with Crippen LogP contribution in [0, 0.1) is 10.1 Å². The SMILES string of the molecule is COC(=O)C(F)(Br)[N+](=O)[O-]. The fourth-order valence-electron chi connectivity index (χ4n) is 0.197. The maximum absolute atomic E-state index is 12.3. The second-order valence-electron chi connectivity index (χ2n) is 1.29. The average molecular weight is 216 g/mol. The van der Waals surface area contributed by atoms with Crippen LogP contribution in [-0.4, -0.2) is 22.7 Å². The maximum atomic E-state index is 12.3. The number of carbonyl (C=O) groups excluding carboxylic acids is 1. The van der Waals surface area contributed by atoms with Crippen LogP contribution in [0.5, 0.6) is 0 Å². The monoisotopic (exact) mass is 215 g/mol. The van der Waals surface area contributed by atoms with Gasteiger partial charge in [-0.2, -0.15) is 0 Å². The Morgan fingerprint density at radius 1 is 1.90 bits per heavy atom. The van der Waals surface area contributed by atoms with E-state index in [4.69, 9.17) is 0 Å². The topological polar surface area (TPSA) is 69.4 Å². The van der Waals surface area contributed by atoms with Gasteiger partial charge in [0.15, 0.2) is 0 Å². The molecule has 0 aromatic heterocycles. The summed E-state index contributed by atoms with van der Waals surface area (Å²) in [5, 5.41) is 9.70. The van der Waals surface area contributed by atoms with Gasteiger partial charge in [0.05, 0.1) is 28.0 Å². The van der Waals surface area contributed by atoms with E-state index in [9.17, 15) is 19.3 Å². The minimum absolute atomic E-state index is 0.849. The van der Waals surface area contributed by atoms with Crippen LogP contribution in [0.3, 0.4) is 0 Å². The van der Waals surface area contributed by atoms with E-state index in [1.165, 1.54) is 0 Å². The number of rotatable bonds is 2. The van der Waals surface area contributed by atoms with E-state index in [0.717, 1.165) is 7.11 Å². The molecule has 0 aliphatic rings. The third-order valence-corrected chi connectivity index (χ3v) is 1.27. The van der Waals surface area contributed by atoms with Crippen LogP contribution in [-0.2, 0) is 9.53 Å². The lowest BCUT2D eigenvalue weighted by molar-refractivity contribution is -0.553. The van der Waals surface area contributed by atoms with Crippen LogP contribution in [0.1, 0.15) is 0 Å². The molecule has 10 heavy (non-hydrogen) atoms. The summed E-state index contributed by atoms with van der Waals surface area (Å²) in [6.07, 6.45) is 0. The smallest absolute Gasteiger partial charge is 0.461 e. The Morgan fingerprint density at radius 3 is 2.40 bits per heavy atom. The summed E-state index contributed by atoms with van der Waals surface area (Å²) >= 11 is 1.93. The molecule has 0 N–H and O–H groups in total. The van der Waals surface area contributed by atoms with Gasteiger partial charge in [0.2, 0.25) is 0 Å². The average Bonchev–Trinajstić information content (AvgIpc) is 1.86. The van der Waals surface area contributed by atoms with Gasteiger partial charge in [-0.05, 0) is 0 Å². The Morgan fingerprint density at radius 2 is 2.30 bits per heavy atom. The van der Waals surface area contributed by atoms with Crippen LogP contribution in [0.2, 0.25) is 0 Å². The number of halogens is 2. The Kier molecular flexibility index (Phi) is 2.70. The van der Waals surface area contributed by atoms with E-state index in [-0.39, 0.29) is 0 Å². The minimum Gasteiger partial charge on any atom is -0.461 e. The number of alkyl halides is 2. The first-order valence-corrected chi connectivity index (χ1v) is 2.83. The van der Waals surface area contributed by atoms with Gasteiger partial charge in [-0.25, -0.2) is 4.79 Å². The molecule has 1 atom stereocenters. The lowest BCUT2D eigenvalue weighted by atomic mass is 10.6. The number of esters is 1. The van der Waals surface area contributed by atoms with Crippen molar-refractivity contribution in [3.05, 3.63) is 10.1 Å². The molecule has 0 amide bonds. The Balaban J connectivity index is 4.40. The van der Waals surface area contributed by atoms with Gasteiger partial charge in [0.1, 0.15) is 0 Å². The van der Waals surface area contributed by atoms with Gasteiger partial charge in [0.25, 0.3) is 0 Å². The van der Waals surface area contributed by atoms with E-state index >= 15 is 0 Å². The molecule has 0 bridgehead atoms. The molecule has 0 aliphatic carbocycles. The molecule has 0 saturated heterocycles. The molecule has 7 heteroatoms. The predicted octanol–water partition coefficient (Wildman–Crippen LogP) is 0.454. The lowest BCUT2D eigenvalue weighted by Crippen LogP contribution is -2.36. The molecule has 0 spiro atoms. The highest BCUT2D eigenvalue weighted by atomic mass is 79.9. The highest BCUT2D eigenvalue weighted by Crippen LogP contribution is 2.21.